The van der Waals surface area contributed by atoms with E-state index in [-0.39, 0.29) is 28.7 Å². The molecule has 0 bridgehead atoms. The Morgan fingerprint density at radius 3 is 2.32 bits per heavy atom. The lowest BCUT2D eigenvalue weighted by molar-refractivity contribution is 0.0784. The number of ether oxygens (including phenoxy) is 1. The Bertz CT molecular complexity index is 1180. The van der Waals surface area contributed by atoms with Crippen LogP contribution in [0, 0.1) is 5.82 Å². The molecule has 0 saturated heterocycles. The maximum atomic E-state index is 13.9. The topological polar surface area (TPSA) is 66.9 Å². The summed E-state index contributed by atoms with van der Waals surface area (Å²) in [6.07, 6.45) is 0. The van der Waals surface area contributed by atoms with Crippen LogP contribution in [0.25, 0.3) is 0 Å². The van der Waals surface area contributed by atoms with E-state index in [9.17, 15) is 17.6 Å². The van der Waals surface area contributed by atoms with Gasteiger partial charge < -0.3 is 9.64 Å². The predicted octanol–water partition coefficient (Wildman–Crippen LogP) is 3.93. The molecule has 0 fully saturated rings. The lowest BCUT2D eigenvalue weighted by atomic mass is 10.1. The summed E-state index contributed by atoms with van der Waals surface area (Å²) in [4.78, 5) is 14.3. The Morgan fingerprint density at radius 1 is 0.968 bits per heavy atom. The minimum absolute atomic E-state index is 0.00796. The van der Waals surface area contributed by atoms with Crippen LogP contribution in [-0.4, -0.2) is 40.4 Å². The number of para-hydroxylation sites is 1. The molecule has 3 aromatic rings. The molecule has 0 N–H and O–H groups in total. The Balaban J connectivity index is 1.81. The van der Waals surface area contributed by atoms with Crippen LogP contribution in [0.3, 0.4) is 0 Å². The molecular formula is C23H23FN2O4S. The number of rotatable bonds is 7. The van der Waals surface area contributed by atoms with Gasteiger partial charge in [-0.15, -0.1) is 0 Å². The highest BCUT2D eigenvalue weighted by Gasteiger charge is 2.23. The van der Waals surface area contributed by atoms with E-state index in [2.05, 4.69) is 0 Å². The number of hydrogen-bond acceptors (Lipinski definition) is 4. The summed E-state index contributed by atoms with van der Waals surface area (Å²) in [7, 11) is 0.565. The molecule has 0 atom stereocenters. The van der Waals surface area contributed by atoms with Gasteiger partial charge in [-0.1, -0.05) is 30.3 Å². The van der Waals surface area contributed by atoms with Crippen molar-refractivity contribution in [1.82, 2.24) is 4.90 Å². The van der Waals surface area contributed by atoms with Crippen LogP contribution >= 0.6 is 0 Å². The minimum Gasteiger partial charge on any atom is -0.494 e. The van der Waals surface area contributed by atoms with Crippen molar-refractivity contribution >= 4 is 21.6 Å². The number of hydrogen-bond donors (Lipinski definition) is 0. The second-order valence-electron chi connectivity index (χ2n) is 6.97. The Labute approximate surface area is 181 Å². The first-order valence-electron chi connectivity index (χ1n) is 9.46. The van der Waals surface area contributed by atoms with Gasteiger partial charge in [0.1, 0.15) is 0 Å². The number of halogens is 1. The zero-order valence-corrected chi connectivity index (χ0v) is 18.3. The lowest BCUT2D eigenvalue weighted by Gasteiger charge is -2.21. The molecule has 3 aromatic carbocycles. The third-order valence-corrected chi connectivity index (χ3v) is 6.62. The van der Waals surface area contributed by atoms with E-state index in [4.69, 9.17) is 4.74 Å². The number of nitrogens with zero attached hydrogens (tertiary/aromatic N) is 2. The standard InChI is InChI=1S/C23H23FN2O4S/c1-25(16-17-12-13-22(30-3)21(24)14-17)23(27)18-8-7-11-20(15-18)31(28,29)26(2)19-9-5-4-6-10-19/h4-15H,16H2,1-3H3. The maximum absolute atomic E-state index is 13.9. The molecule has 1 amide bonds. The highest BCUT2D eigenvalue weighted by molar-refractivity contribution is 7.92. The average molecular weight is 443 g/mol. The predicted molar refractivity (Wildman–Crippen MR) is 117 cm³/mol. The van der Waals surface area contributed by atoms with Crippen molar-refractivity contribution in [2.24, 2.45) is 0 Å². The van der Waals surface area contributed by atoms with Crippen molar-refractivity contribution in [2.45, 2.75) is 11.4 Å². The molecule has 0 spiro atoms. The number of amides is 1. The van der Waals surface area contributed by atoms with Gasteiger partial charge in [-0.05, 0) is 48.0 Å². The Kier molecular flexibility index (Phi) is 6.60. The minimum atomic E-state index is -3.85. The van der Waals surface area contributed by atoms with E-state index in [1.54, 1.807) is 49.5 Å². The van der Waals surface area contributed by atoms with Crippen molar-refractivity contribution in [3.63, 3.8) is 0 Å². The summed E-state index contributed by atoms with van der Waals surface area (Å²) in [6.45, 7) is 0.153. The van der Waals surface area contributed by atoms with Crippen LogP contribution < -0.4 is 9.04 Å². The molecule has 0 radical (unpaired) electrons. The summed E-state index contributed by atoms with van der Waals surface area (Å²) in [5, 5.41) is 0. The summed E-state index contributed by atoms with van der Waals surface area (Å²) < 4.78 is 46.0. The highest BCUT2D eigenvalue weighted by atomic mass is 32.2. The second kappa shape index (κ2) is 9.18. The van der Waals surface area contributed by atoms with Crippen molar-refractivity contribution in [3.8, 4) is 5.75 Å². The summed E-state index contributed by atoms with van der Waals surface area (Å²) in [5.41, 5.74) is 1.32. The molecular weight excluding hydrogens is 419 g/mol. The van der Waals surface area contributed by atoms with Gasteiger partial charge in [0.2, 0.25) is 0 Å². The monoisotopic (exact) mass is 442 g/mol. The zero-order valence-electron chi connectivity index (χ0n) is 17.4. The maximum Gasteiger partial charge on any atom is 0.264 e. The fraction of sp³-hybridized carbons (Fsp3) is 0.174. The first-order valence-corrected chi connectivity index (χ1v) is 10.9. The number of carbonyl (C=O) groups is 1. The molecule has 0 unspecified atom stereocenters. The lowest BCUT2D eigenvalue weighted by Crippen LogP contribution is -2.28. The molecule has 0 aliphatic carbocycles. The molecule has 0 aromatic heterocycles. The van der Waals surface area contributed by atoms with Gasteiger partial charge in [-0.3, -0.25) is 9.10 Å². The fourth-order valence-corrected chi connectivity index (χ4v) is 4.34. The van der Waals surface area contributed by atoms with Crippen molar-refractivity contribution in [1.29, 1.82) is 0 Å². The van der Waals surface area contributed by atoms with Crippen LogP contribution in [0.4, 0.5) is 10.1 Å². The Morgan fingerprint density at radius 2 is 1.68 bits per heavy atom. The van der Waals surface area contributed by atoms with E-state index in [0.717, 1.165) is 0 Å². The third-order valence-electron chi connectivity index (χ3n) is 4.84. The number of anilines is 1. The first-order chi connectivity index (χ1) is 14.7. The molecule has 31 heavy (non-hydrogen) atoms. The molecule has 0 aliphatic heterocycles. The van der Waals surface area contributed by atoms with Crippen molar-refractivity contribution < 1.29 is 22.3 Å². The van der Waals surface area contributed by atoms with Gasteiger partial charge in [0, 0.05) is 26.2 Å². The van der Waals surface area contributed by atoms with Gasteiger partial charge in [0.15, 0.2) is 11.6 Å². The quantitative estimate of drug-likeness (QED) is 0.556. The number of benzene rings is 3. The molecule has 0 saturated carbocycles. The molecule has 0 heterocycles. The van der Waals surface area contributed by atoms with Crippen LogP contribution in [0.2, 0.25) is 0 Å². The van der Waals surface area contributed by atoms with E-state index in [0.29, 0.717) is 11.3 Å². The Hall–Kier alpha value is -3.39. The van der Waals surface area contributed by atoms with Crippen LogP contribution in [0.15, 0.2) is 77.7 Å². The van der Waals surface area contributed by atoms with Crippen molar-refractivity contribution in [2.75, 3.05) is 25.5 Å². The molecule has 8 heteroatoms. The van der Waals surface area contributed by atoms with E-state index >= 15 is 0 Å². The van der Waals surface area contributed by atoms with E-state index < -0.39 is 15.8 Å². The van der Waals surface area contributed by atoms with E-state index in [1.165, 1.54) is 53.7 Å². The third kappa shape index (κ3) is 4.86. The van der Waals surface area contributed by atoms with Crippen LogP contribution in [0.5, 0.6) is 5.75 Å². The summed E-state index contributed by atoms with van der Waals surface area (Å²) >= 11 is 0. The molecule has 162 valence electrons. The SMILES string of the molecule is COc1ccc(CN(C)C(=O)c2cccc(S(=O)(=O)N(C)c3ccccc3)c2)cc1F. The molecule has 0 aliphatic rings. The second-order valence-corrected chi connectivity index (χ2v) is 8.94. The van der Waals surface area contributed by atoms with Gasteiger partial charge in [-0.25, -0.2) is 12.8 Å². The fourth-order valence-electron chi connectivity index (χ4n) is 3.10. The largest absolute Gasteiger partial charge is 0.494 e. The average Bonchev–Trinajstić information content (AvgIpc) is 2.78. The van der Waals surface area contributed by atoms with Crippen LogP contribution in [0.1, 0.15) is 15.9 Å². The van der Waals surface area contributed by atoms with Gasteiger partial charge in [-0.2, -0.15) is 0 Å². The molecule has 3 rings (SSSR count). The smallest absolute Gasteiger partial charge is 0.264 e. The van der Waals surface area contributed by atoms with Gasteiger partial charge in [0.25, 0.3) is 15.9 Å². The van der Waals surface area contributed by atoms with Crippen molar-refractivity contribution in [3.05, 3.63) is 89.7 Å². The number of carbonyl (C=O) groups excluding carboxylic acids is 1. The first kappa shape index (κ1) is 22.3. The molecule has 6 nitrogen and oxygen atoms in total. The normalized spacial score (nSPS) is 11.1. The summed E-state index contributed by atoms with van der Waals surface area (Å²) in [5.74, 6) is -0.772. The number of sulfonamides is 1. The van der Waals surface area contributed by atoms with Gasteiger partial charge in [0.05, 0.1) is 17.7 Å². The van der Waals surface area contributed by atoms with Gasteiger partial charge >= 0.3 is 0 Å². The van der Waals surface area contributed by atoms with Crippen LogP contribution in [-0.2, 0) is 16.6 Å². The van der Waals surface area contributed by atoms with E-state index in [1.807, 2.05) is 0 Å². The zero-order chi connectivity index (χ0) is 22.6. The highest BCUT2D eigenvalue weighted by Crippen LogP contribution is 2.23. The summed E-state index contributed by atoms with van der Waals surface area (Å²) in [6, 6.07) is 19.0. The number of methoxy groups -OCH3 is 1.